The molecule has 0 unspecified atom stereocenters. The Hall–Kier alpha value is -1.81. The fourth-order valence-corrected chi connectivity index (χ4v) is 3.10. The van der Waals surface area contributed by atoms with Gasteiger partial charge in [0, 0.05) is 36.3 Å². The maximum Gasteiger partial charge on any atom is 0.261 e. The molecule has 0 atom stereocenters. The van der Waals surface area contributed by atoms with Gasteiger partial charge in [-0.15, -0.1) is 11.3 Å². The van der Waals surface area contributed by atoms with Crippen LogP contribution in [0.4, 0.5) is 5.69 Å². The molecule has 104 valence electrons. The van der Waals surface area contributed by atoms with Crippen LogP contribution in [0.2, 0.25) is 0 Å². The van der Waals surface area contributed by atoms with E-state index < -0.39 is 0 Å². The van der Waals surface area contributed by atoms with Gasteiger partial charge in [0.1, 0.15) is 0 Å². The molecule has 20 heavy (non-hydrogen) atoms. The first-order valence-electron chi connectivity index (χ1n) is 6.82. The fourth-order valence-electron chi connectivity index (χ4n) is 2.16. The predicted molar refractivity (Wildman–Crippen MR) is 84.6 cm³/mol. The summed E-state index contributed by atoms with van der Waals surface area (Å²) in [4.78, 5) is 16.1. The third kappa shape index (κ3) is 2.70. The molecule has 0 bridgehead atoms. The highest BCUT2D eigenvalue weighted by Gasteiger charge is 2.24. The Kier molecular flexibility index (Phi) is 3.49. The van der Waals surface area contributed by atoms with Gasteiger partial charge in [-0.05, 0) is 31.0 Å². The van der Waals surface area contributed by atoms with Crippen LogP contribution in [0.5, 0.6) is 0 Å². The van der Waals surface area contributed by atoms with Crippen molar-refractivity contribution in [1.29, 1.82) is 0 Å². The first-order chi connectivity index (χ1) is 9.65. The Morgan fingerprint density at radius 1 is 1.20 bits per heavy atom. The van der Waals surface area contributed by atoms with E-state index in [-0.39, 0.29) is 5.91 Å². The molecular weight excluding hydrogens is 268 g/mol. The van der Waals surface area contributed by atoms with E-state index in [9.17, 15) is 4.79 Å². The second-order valence-electron chi connectivity index (χ2n) is 5.32. The molecule has 1 aromatic carbocycles. The highest BCUT2D eigenvalue weighted by Crippen LogP contribution is 2.34. The summed E-state index contributed by atoms with van der Waals surface area (Å²) in [6.07, 6.45) is 2.24. The summed E-state index contributed by atoms with van der Waals surface area (Å²) < 4.78 is 0. The summed E-state index contributed by atoms with van der Waals surface area (Å²) in [5.41, 5.74) is 2.34. The van der Waals surface area contributed by atoms with E-state index in [2.05, 4.69) is 22.3 Å². The van der Waals surface area contributed by atoms with E-state index >= 15 is 0 Å². The number of hydrogen-bond acceptors (Lipinski definition) is 3. The molecule has 4 heteroatoms. The Labute approximate surface area is 123 Å². The van der Waals surface area contributed by atoms with E-state index in [0.717, 1.165) is 22.6 Å². The molecular formula is C16H18N2OS. The Bertz CT molecular complexity index is 629. The van der Waals surface area contributed by atoms with Gasteiger partial charge in [0.2, 0.25) is 0 Å². The van der Waals surface area contributed by atoms with Crippen molar-refractivity contribution in [2.75, 3.05) is 19.0 Å². The lowest BCUT2D eigenvalue weighted by atomic mass is 10.1. The van der Waals surface area contributed by atoms with Gasteiger partial charge < -0.3 is 10.2 Å². The summed E-state index contributed by atoms with van der Waals surface area (Å²) in [6.45, 7) is 0. The lowest BCUT2D eigenvalue weighted by Crippen LogP contribution is -2.24. The molecule has 1 N–H and O–H groups in total. The third-order valence-corrected chi connectivity index (χ3v) is 4.51. The molecule has 0 radical (unpaired) electrons. The van der Waals surface area contributed by atoms with Gasteiger partial charge in [-0.2, -0.15) is 0 Å². The third-order valence-electron chi connectivity index (χ3n) is 3.39. The molecule has 2 aromatic rings. The minimum atomic E-state index is 0.0612. The van der Waals surface area contributed by atoms with Gasteiger partial charge in [-0.1, -0.05) is 18.2 Å². The Balaban J connectivity index is 1.87. The Morgan fingerprint density at radius 3 is 2.65 bits per heavy atom. The second-order valence-corrected chi connectivity index (χ2v) is 6.41. The van der Waals surface area contributed by atoms with Gasteiger partial charge in [-0.3, -0.25) is 4.79 Å². The van der Waals surface area contributed by atoms with Gasteiger partial charge in [0.05, 0.1) is 4.88 Å². The number of rotatable bonds is 4. The minimum absolute atomic E-state index is 0.0612. The van der Waals surface area contributed by atoms with Gasteiger partial charge in [-0.25, -0.2) is 0 Å². The van der Waals surface area contributed by atoms with E-state index in [1.165, 1.54) is 11.3 Å². The zero-order valence-electron chi connectivity index (χ0n) is 11.7. The zero-order chi connectivity index (χ0) is 14.1. The number of nitrogens with one attached hydrogen (secondary N) is 1. The summed E-state index contributed by atoms with van der Waals surface area (Å²) in [6, 6.07) is 12.6. The highest BCUT2D eigenvalue weighted by molar-refractivity contribution is 7.17. The first kappa shape index (κ1) is 13.2. The van der Waals surface area contributed by atoms with Crippen LogP contribution in [0.15, 0.2) is 36.4 Å². The predicted octanol–water partition coefficient (Wildman–Crippen LogP) is 3.37. The van der Waals surface area contributed by atoms with Crippen molar-refractivity contribution < 1.29 is 4.79 Å². The molecule has 1 fully saturated rings. The summed E-state index contributed by atoms with van der Waals surface area (Å²) in [5.74, 6) is 0.0612. The standard InChI is InChI=1S/C16H18N2OS/c1-18(2)13-6-4-3-5-12(13)14-9-10-15(20-14)16(19)17-11-7-8-11/h3-6,9-11H,7-8H2,1-2H3,(H,17,19). The summed E-state index contributed by atoms with van der Waals surface area (Å²) >= 11 is 1.56. The molecule has 1 heterocycles. The molecule has 0 spiro atoms. The minimum Gasteiger partial charge on any atom is -0.377 e. The molecule has 0 saturated heterocycles. The monoisotopic (exact) mass is 286 g/mol. The number of amides is 1. The van der Waals surface area contributed by atoms with Crippen molar-refractivity contribution >= 4 is 22.9 Å². The molecule has 3 nitrogen and oxygen atoms in total. The van der Waals surface area contributed by atoms with Gasteiger partial charge >= 0.3 is 0 Å². The molecule has 1 saturated carbocycles. The van der Waals surface area contributed by atoms with Gasteiger partial charge in [0.25, 0.3) is 5.91 Å². The van der Waals surface area contributed by atoms with Crippen LogP contribution in [-0.4, -0.2) is 26.0 Å². The summed E-state index contributed by atoms with van der Waals surface area (Å²) in [5, 5.41) is 3.03. The quantitative estimate of drug-likeness (QED) is 0.934. The molecule has 1 aliphatic rings. The first-order valence-corrected chi connectivity index (χ1v) is 7.64. The average Bonchev–Trinajstić information content (AvgIpc) is 3.11. The molecule has 1 aromatic heterocycles. The van der Waals surface area contributed by atoms with Crippen LogP contribution in [0.25, 0.3) is 10.4 Å². The fraction of sp³-hybridized carbons (Fsp3) is 0.312. The number of carbonyl (C=O) groups is 1. The average molecular weight is 286 g/mol. The molecule has 1 aliphatic carbocycles. The van der Waals surface area contributed by atoms with E-state index in [0.29, 0.717) is 6.04 Å². The number of hydrogen-bond donors (Lipinski definition) is 1. The molecule has 1 amide bonds. The van der Waals surface area contributed by atoms with Crippen molar-refractivity contribution in [3.8, 4) is 10.4 Å². The number of para-hydroxylation sites is 1. The van der Waals surface area contributed by atoms with Crippen LogP contribution < -0.4 is 10.2 Å². The van der Waals surface area contributed by atoms with Crippen LogP contribution in [0.1, 0.15) is 22.5 Å². The number of carbonyl (C=O) groups excluding carboxylic acids is 1. The Morgan fingerprint density at radius 2 is 1.95 bits per heavy atom. The number of benzene rings is 1. The van der Waals surface area contributed by atoms with Crippen LogP contribution >= 0.6 is 11.3 Å². The number of anilines is 1. The van der Waals surface area contributed by atoms with Crippen molar-refractivity contribution in [3.63, 3.8) is 0 Å². The highest BCUT2D eigenvalue weighted by atomic mass is 32.1. The normalized spacial score (nSPS) is 14.1. The van der Waals surface area contributed by atoms with Crippen LogP contribution in [0, 0.1) is 0 Å². The number of nitrogens with zero attached hydrogens (tertiary/aromatic N) is 1. The maximum absolute atomic E-state index is 12.0. The van der Waals surface area contributed by atoms with Crippen molar-refractivity contribution in [2.45, 2.75) is 18.9 Å². The second kappa shape index (κ2) is 5.29. The van der Waals surface area contributed by atoms with Crippen LogP contribution in [-0.2, 0) is 0 Å². The SMILES string of the molecule is CN(C)c1ccccc1-c1ccc(C(=O)NC2CC2)s1. The lowest BCUT2D eigenvalue weighted by Gasteiger charge is -2.16. The van der Waals surface area contributed by atoms with Crippen molar-refractivity contribution in [1.82, 2.24) is 5.32 Å². The summed E-state index contributed by atoms with van der Waals surface area (Å²) in [7, 11) is 4.07. The lowest BCUT2D eigenvalue weighted by molar-refractivity contribution is 0.0955. The largest absolute Gasteiger partial charge is 0.377 e. The van der Waals surface area contributed by atoms with Crippen molar-refractivity contribution in [2.24, 2.45) is 0 Å². The van der Waals surface area contributed by atoms with E-state index in [1.54, 1.807) is 11.3 Å². The topological polar surface area (TPSA) is 32.3 Å². The van der Waals surface area contributed by atoms with E-state index in [1.807, 2.05) is 38.4 Å². The zero-order valence-corrected chi connectivity index (χ0v) is 12.5. The van der Waals surface area contributed by atoms with Gasteiger partial charge in [0.15, 0.2) is 0 Å². The van der Waals surface area contributed by atoms with Crippen molar-refractivity contribution in [3.05, 3.63) is 41.3 Å². The molecule has 3 rings (SSSR count). The van der Waals surface area contributed by atoms with Crippen LogP contribution in [0.3, 0.4) is 0 Å². The smallest absolute Gasteiger partial charge is 0.261 e. The molecule has 0 aliphatic heterocycles. The van der Waals surface area contributed by atoms with E-state index in [4.69, 9.17) is 0 Å². The number of thiophene rings is 1. The maximum atomic E-state index is 12.0.